The number of nitrogens with one attached hydrogen (secondary N) is 2. The Kier molecular flexibility index (Phi) is 4.55. The first-order valence-electron chi connectivity index (χ1n) is 7.71. The molecule has 2 heterocycles. The second kappa shape index (κ2) is 6.58. The average Bonchev–Trinajstić information content (AvgIpc) is 3.17. The highest BCUT2D eigenvalue weighted by Crippen LogP contribution is 2.31. The summed E-state index contributed by atoms with van der Waals surface area (Å²) in [5, 5.41) is 7.35. The van der Waals surface area contributed by atoms with Crippen molar-refractivity contribution in [3.05, 3.63) is 40.9 Å². The van der Waals surface area contributed by atoms with Crippen LogP contribution in [0, 0.1) is 6.92 Å². The summed E-state index contributed by atoms with van der Waals surface area (Å²) in [6.45, 7) is 4.97. The molecule has 2 unspecified atom stereocenters. The maximum absolute atomic E-state index is 12.2. The van der Waals surface area contributed by atoms with Gasteiger partial charge in [0.15, 0.2) is 0 Å². The highest BCUT2D eigenvalue weighted by molar-refractivity contribution is 7.15. The van der Waals surface area contributed by atoms with Crippen LogP contribution in [0.5, 0.6) is 0 Å². The Balaban J connectivity index is 1.74. The molecule has 2 N–H and O–H groups in total. The topological polar surface area (TPSA) is 54.0 Å². The van der Waals surface area contributed by atoms with Crippen LogP contribution in [0.25, 0.3) is 10.6 Å². The zero-order chi connectivity index (χ0) is 15.5. The molecule has 1 aliphatic rings. The quantitative estimate of drug-likeness (QED) is 0.912. The maximum atomic E-state index is 12.2. The first-order chi connectivity index (χ1) is 10.6. The van der Waals surface area contributed by atoms with Gasteiger partial charge < -0.3 is 10.6 Å². The second-order valence-corrected chi connectivity index (χ2v) is 6.74. The fourth-order valence-corrected chi connectivity index (χ4v) is 3.88. The minimum absolute atomic E-state index is 0.00939. The third-order valence-electron chi connectivity index (χ3n) is 3.98. The Hall–Kier alpha value is -1.72. The molecule has 0 aliphatic carbocycles. The smallest absolute Gasteiger partial charge is 0.237 e. The Morgan fingerprint density at radius 1 is 1.41 bits per heavy atom. The minimum Gasteiger partial charge on any atom is -0.347 e. The molecule has 3 rings (SSSR count). The second-order valence-electron chi connectivity index (χ2n) is 5.71. The van der Waals surface area contributed by atoms with Gasteiger partial charge in [0.2, 0.25) is 5.91 Å². The van der Waals surface area contributed by atoms with Crippen LogP contribution in [-0.2, 0) is 4.79 Å². The van der Waals surface area contributed by atoms with Gasteiger partial charge in [0.1, 0.15) is 5.01 Å². The lowest BCUT2D eigenvalue weighted by Crippen LogP contribution is -2.41. The van der Waals surface area contributed by atoms with Crippen molar-refractivity contribution in [1.29, 1.82) is 0 Å². The van der Waals surface area contributed by atoms with Crippen LogP contribution in [0.1, 0.15) is 36.4 Å². The third kappa shape index (κ3) is 3.20. The van der Waals surface area contributed by atoms with Crippen LogP contribution in [-0.4, -0.2) is 23.5 Å². The monoisotopic (exact) mass is 315 g/mol. The number of carbonyl (C=O) groups is 1. The van der Waals surface area contributed by atoms with E-state index in [1.54, 1.807) is 11.3 Å². The van der Waals surface area contributed by atoms with Crippen LogP contribution < -0.4 is 10.6 Å². The van der Waals surface area contributed by atoms with Gasteiger partial charge in [-0.1, -0.05) is 30.3 Å². The molecule has 0 bridgehead atoms. The molecule has 0 radical (unpaired) electrons. The molecule has 22 heavy (non-hydrogen) atoms. The Labute approximate surface area is 135 Å². The highest BCUT2D eigenvalue weighted by atomic mass is 32.1. The molecule has 1 amide bonds. The van der Waals surface area contributed by atoms with E-state index in [2.05, 4.69) is 27.8 Å². The predicted molar refractivity (Wildman–Crippen MR) is 89.9 cm³/mol. The first-order valence-corrected chi connectivity index (χ1v) is 8.53. The normalized spacial score (nSPS) is 19.1. The number of benzene rings is 1. The molecular formula is C17H21N3OS. The van der Waals surface area contributed by atoms with Crippen molar-refractivity contribution in [2.24, 2.45) is 0 Å². The van der Waals surface area contributed by atoms with Crippen LogP contribution in [0.2, 0.25) is 0 Å². The van der Waals surface area contributed by atoms with Gasteiger partial charge in [0, 0.05) is 5.56 Å². The van der Waals surface area contributed by atoms with Crippen molar-refractivity contribution in [2.75, 3.05) is 6.54 Å². The minimum atomic E-state index is -0.0377. The molecule has 2 atom stereocenters. The van der Waals surface area contributed by atoms with E-state index in [9.17, 15) is 4.79 Å². The molecule has 1 aliphatic heterocycles. The predicted octanol–water partition coefficient (Wildman–Crippen LogP) is 3.05. The number of hydrogen-bond donors (Lipinski definition) is 2. The summed E-state index contributed by atoms with van der Waals surface area (Å²) in [4.78, 5) is 18.0. The number of carbonyl (C=O) groups excluding carboxylic acids is 1. The van der Waals surface area contributed by atoms with Gasteiger partial charge in [-0.3, -0.25) is 4.79 Å². The highest BCUT2D eigenvalue weighted by Gasteiger charge is 2.24. The fourth-order valence-electron chi connectivity index (χ4n) is 2.80. The van der Waals surface area contributed by atoms with Crippen molar-refractivity contribution in [2.45, 2.75) is 38.8 Å². The number of hydrogen-bond acceptors (Lipinski definition) is 4. The molecule has 2 aromatic rings. The molecule has 1 saturated heterocycles. The van der Waals surface area contributed by atoms with Crippen LogP contribution in [0.15, 0.2) is 30.3 Å². The van der Waals surface area contributed by atoms with Gasteiger partial charge in [-0.15, -0.1) is 11.3 Å². The molecule has 4 nitrogen and oxygen atoms in total. The molecule has 0 saturated carbocycles. The number of thiazole rings is 1. The van der Waals surface area contributed by atoms with Gasteiger partial charge in [-0.25, -0.2) is 4.98 Å². The lowest BCUT2D eigenvalue weighted by Gasteiger charge is -2.16. The molecule has 1 aromatic carbocycles. The van der Waals surface area contributed by atoms with E-state index in [4.69, 9.17) is 0 Å². The summed E-state index contributed by atoms with van der Waals surface area (Å²) in [5.41, 5.74) is 2.12. The summed E-state index contributed by atoms with van der Waals surface area (Å²) in [5.74, 6) is 0.0964. The lowest BCUT2D eigenvalue weighted by atomic mass is 10.2. The lowest BCUT2D eigenvalue weighted by molar-refractivity contribution is -0.123. The van der Waals surface area contributed by atoms with Crippen LogP contribution in [0.3, 0.4) is 0 Å². The summed E-state index contributed by atoms with van der Waals surface area (Å²) >= 11 is 1.66. The molecule has 0 spiro atoms. The summed E-state index contributed by atoms with van der Waals surface area (Å²) < 4.78 is 0. The van der Waals surface area contributed by atoms with E-state index < -0.39 is 0 Å². The van der Waals surface area contributed by atoms with Crippen molar-refractivity contribution < 1.29 is 4.79 Å². The third-order valence-corrected chi connectivity index (χ3v) is 5.37. The van der Waals surface area contributed by atoms with E-state index in [0.29, 0.717) is 0 Å². The maximum Gasteiger partial charge on any atom is 0.237 e. The van der Waals surface area contributed by atoms with Crippen molar-refractivity contribution in [1.82, 2.24) is 15.6 Å². The Bertz CT molecular complexity index is 647. The summed E-state index contributed by atoms with van der Waals surface area (Å²) in [7, 11) is 0. The van der Waals surface area contributed by atoms with Crippen LogP contribution in [0.4, 0.5) is 0 Å². The summed E-state index contributed by atoms with van der Waals surface area (Å²) in [6, 6.07) is 10.1. The van der Waals surface area contributed by atoms with Gasteiger partial charge in [-0.2, -0.15) is 0 Å². The molecule has 1 fully saturated rings. The zero-order valence-electron chi connectivity index (χ0n) is 12.9. The summed E-state index contributed by atoms with van der Waals surface area (Å²) in [6.07, 6.45) is 2.00. The van der Waals surface area contributed by atoms with E-state index in [1.807, 2.05) is 32.0 Å². The van der Waals surface area contributed by atoms with Gasteiger partial charge in [0.05, 0.1) is 22.7 Å². The number of aryl methyl sites for hydroxylation is 1. The number of aromatic nitrogens is 1. The first kappa shape index (κ1) is 15.2. The zero-order valence-corrected chi connectivity index (χ0v) is 13.7. The van der Waals surface area contributed by atoms with Crippen molar-refractivity contribution in [3.63, 3.8) is 0 Å². The average molecular weight is 315 g/mol. The molecule has 1 aromatic heterocycles. The van der Waals surface area contributed by atoms with E-state index in [1.165, 1.54) is 0 Å². The number of amides is 1. The van der Waals surface area contributed by atoms with Gasteiger partial charge in [0.25, 0.3) is 0 Å². The SMILES string of the molecule is Cc1nc(-c2ccccc2)sc1C(C)NC(=O)C1CCCN1. The molecule has 116 valence electrons. The number of nitrogens with zero attached hydrogens (tertiary/aromatic N) is 1. The van der Waals surface area contributed by atoms with Crippen LogP contribution >= 0.6 is 11.3 Å². The van der Waals surface area contributed by atoms with E-state index in [-0.39, 0.29) is 18.0 Å². The van der Waals surface area contributed by atoms with Gasteiger partial charge >= 0.3 is 0 Å². The van der Waals surface area contributed by atoms with Crippen molar-refractivity contribution >= 4 is 17.2 Å². The van der Waals surface area contributed by atoms with Gasteiger partial charge in [-0.05, 0) is 33.2 Å². The van der Waals surface area contributed by atoms with E-state index in [0.717, 1.165) is 40.5 Å². The van der Waals surface area contributed by atoms with E-state index >= 15 is 0 Å². The molecular weight excluding hydrogens is 294 g/mol. The Morgan fingerprint density at radius 3 is 2.86 bits per heavy atom. The standard InChI is InChI=1S/C17H21N3OS/c1-11(19-16(21)14-9-6-10-18-14)15-12(2)20-17(22-15)13-7-4-3-5-8-13/h3-5,7-8,11,14,18H,6,9-10H2,1-2H3,(H,19,21). The largest absolute Gasteiger partial charge is 0.347 e. The molecule has 5 heteroatoms. The number of rotatable bonds is 4. The fraction of sp³-hybridized carbons (Fsp3) is 0.412. The van der Waals surface area contributed by atoms with Crippen molar-refractivity contribution in [3.8, 4) is 10.6 Å². The Morgan fingerprint density at radius 2 is 2.18 bits per heavy atom.